The number of nitrogens with zero attached hydrogens (tertiary/aromatic N) is 5. The van der Waals surface area contributed by atoms with Crippen molar-refractivity contribution in [1.82, 2.24) is 25.3 Å². The predicted molar refractivity (Wildman–Crippen MR) is 108 cm³/mol. The van der Waals surface area contributed by atoms with Crippen LogP contribution in [0.5, 0.6) is 0 Å². The number of carbonyl (C=O) groups excluding carboxylic acids is 1. The molecule has 1 N–H and O–H groups in total. The Kier molecular flexibility index (Phi) is 5.81. The molecule has 0 bridgehead atoms. The molecule has 1 aliphatic rings. The molecule has 150 valence electrons. The molecule has 29 heavy (non-hydrogen) atoms. The smallest absolute Gasteiger partial charge is 0.270 e. The van der Waals surface area contributed by atoms with Crippen LogP contribution in [0.2, 0.25) is 0 Å². The van der Waals surface area contributed by atoms with Gasteiger partial charge in [-0.25, -0.2) is 0 Å². The van der Waals surface area contributed by atoms with Gasteiger partial charge in [-0.2, -0.15) is 4.98 Å². The van der Waals surface area contributed by atoms with Gasteiger partial charge in [0.05, 0.1) is 6.54 Å². The molecule has 3 heterocycles. The fraction of sp³-hybridized carbons (Fsp3) is 0.333. The van der Waals surface area contributed by atoms with Gasteiger partial charge >= 0.3 is 0 Å². The minimum atomic E-state index is -0.165. The lowest BCUT2D eigenvalue weighted by atomic mass is 10.2. The molecule has 1 amide bonds. The van der Waals surface area contributed by atoms with Crippen LogP contribution in [0.15, 0.2) is 53.2 Å². The number of rotatable bonds is 6. The molecule has 0 unspecified atom stereocenters. The van der Waals surface area contributed by atoms with Crippen molar-refractivity contribution in [3.63, 3.8) is 0 Å². The van der Waals surface area contributed by atoms with E-state index in [0.717, 1.165) is 43.3 Å². The minimum absolute atomic E-state index is 0.165. The number of piperazine rings is 1. The normalized spacial score (nSPS) is 14.7. The fourth-order valence-corrected chi connectivity index (χ4v) is 3.38. The molecule has 0 radical (unpaired) electrons. The summed E-state index contributed by atoms with van der Waals surface area (Å²) in [7, 11) is 0. The zero-order valence-corrected chi connectivity index (χ0v) is 16.4. The third kappa shape index (κ3) is 4.97. The van der Waals surface area contributed by atoms with Gasteiger partial charge < -0.3 is 14.7 Å². The van der Waals surface area contributed by atoms with Crippen LogP contribution < -0.4 is 10.2 Å². The number of pyridine rings is 1. The molecule has 1 saturated heterocycles. The highest BCUT2D eigenvalue weighted by atomic mass is 16.5. The molecule has 3 aromatic rings. The summed E-state index contributed by atoms with van der Waals surface area (Å²) < 4.78 is 5.04. The monoisotopic (exact) mass is 392 g/mol. The highest BCUT2D eigenvalue weighted by molar-refractivity contribution is 5.93. The second-order valence-corrected chi connectivity index (χ2v) is 7.06. The first kappa shape index (κ1) is 19.1. The highest BCUT2D eigenvalue weighted by Gasteiger charge is 2.20. The Hall–Kier alpha value is -3.26. The van der Waals surface area contributed by atoms with Gasteiger partial charge in [-0.3, -0.25) is 14.7 Å². The van der Waals surface area contributed by atoms with Gasteiger partial charge in [-0.15, -0.1) is 0 Å². The van der Waals surface area contributed by atoms with E-state index in [1.807, 2.05) is 42.5 Å². The lowest BCUT2D eigenvalue weighted by Gasteiger charge is -2.35. The lowest BCUT2D eigenvalue weighted by Crippen LogP contribution is -2.46. The van der Waals surface area contributed by atoms with Crippen molar-refractivity contribution in [3.05, 3.63) is 71.6 Å². The SMILES string of the molecule is Cc1nc(CN2CCN(c3ccnc(C(=O)NCc4ccccc4)c3)CC2)no1. The van der Waals surface area contributed by atoms with Gasteiger partial charge in [0.15, 0.2) is 5.82 Å². The fourth-order valence-electron chi connectivity index (χ4n) is 3.38. The summed E-state index contributed by atoms with van der Waals surface area (Å²) >= 11 is 0. The summed E-state index contributed by atoms with van der Waals surface area (Å²) in [5.74, 6) is 1.15. The zero-order valence-electron chi connectivity index (χ0n) is 16.4. The van der Waals surface area contributed by atoms with Crippen LogP contribution in [-0.4, -0.2) is 52.1 Å². The number of aryl methyl sites for hydroxylation is 1. The van der Waals surface area contributed by atoms with Crippen molar-refractivity contribution in [2.75, 3.05) is 31.1 Å². The van der Waals surface area contributed by atoms with Crippen LogP contribution in [0.25, 0.3) is 0 Å². The summed E-state index contributed by atoms with van der Waals surface area (Å²) in [4.78, 5) is 25.6. The molecule has 2 aromatic heterocycles. The molecule has 1 aliphatic heterocycles. The van der Waals surface area contributed by atoms with E-state index in [9.17, 15) is 4.79 Å². The molecule has 0 atom stereocenters. The lowest BCUT2D eigenvalue weighted by molar-refractivity contribution is 0.0946. The average molecular weight is 392 g/mol. The van der Waals surface area contributed by atoms with Crippen LogP contribution in [0.3, 0.4) is 0 Å². The van der Waals surface area contributed by atoms with Gasteiger partial charge in [0.25, 0.3) is 5.91 Å². The number of aromatic nitrogens is 3. The standard InChI is InChI=1S/C21H24N6O2/c1-16-24-20(25-29-16)15-26-9-11-27(12-10-26)18-7-8-22-19(13-18)21(28)23-14-17-5-3-2-4-6-17/h2-8,13H,9-12,14-15H2,1H3,(H,23,28). The van der Waals surface area contributed by atoms with E-state index in [-0.39, 0.29) is 5.91 Å². The second-order valence-electron chi connectivity index (χ2n) is 7.06. The van der Waals surface area contributed by atoms with Crippen LogP contribution >= 0.6 is 0 Å². The predicted octanol–water partition coefficient (Wildman–Crippen LogP) is 2.03. The van der Waals surface area contributed by atoms with E-state index >= 15 is 0 Å². The van der Waals surface area contributed by atoms with Crippen molar-refractivity contribution in [1.29, 1.82) is 0 Å². The number of benzene rings is 1. The Morgan fingerprint density at radius 2 is 1.93 bits per heavy atom. The maximum atomic E-state index is 12.5. The Morgan fingerprint density at radius 1 is 1.14 bits per heavy atom. The Balaban J connectivity index is 1.32. The maximum Gasteiger partial charge on any atom is 0.270 e. The number of carbonyl (C=O) groups is 1. The van der Waals surface area contributed by atoms with E-state index < -0.39 is 0 Å². The maximum absolute atomic E-state index is 12.5. The van der Waals surface area contributed by atoms with Gasteiger partial charge in [-0.1, -0.05) is 35.5 Å². The average Bonchev–Trinajstić information content (AvgIpc) is 3.18. The third-order valence-corrected chi connectivity index (χ3v) is 4.94. The molecule has 1 aromatic carbocycles. The van der Waals surface area contributed by atoms with Crippen molar-refractivity contribution >= 4 is 11.6 Å². The Labute approximate surface area is 169 Å². The number of amides is 1. The molecule has 8 heteroatoms. The summed E-state index contributed by atoms with van der Waals surface area (Å²) in [6, 6.07) is 13.7. The van der Waals surface area contributed by atoms with E-state index in [1.165, 1.54) is 0 Å². The number of anilines is 1. The summed E-state index contributed by atoms with van der Waals surface area (Å²) in [5, 5.41) is 6.89. The first-order chi connectivity index (χ1) is 14.2. The van der Waals surface area contributed by atoms with Crippen LogP contribution in [0.4, 0.5) is 5.69 Å². The van der Waals surface area contributed by atoms with E-state index in [1.54, 1.807) is 13.1 Å². The van der Waals surface area contributed by atoms with Crippen molar-refractivity contribution in [3.8, 4) is 0 Å². The van der Waals surface area contributed by atoms with Crippen molar-refractivity contribution in [2.24, 2.45) is 0 Å². The first-order valence-electron chi connectivity index (χ1n) is 9.72. The van der Waals surface area contributed by atoms with Gasteiger partial charge in [-0.05, 0) is 17.7 Å². The molecular weight excluding hydrogens is 368 g/mol. The second kappa shape index (κ2) is 8.83. The largest absolute Gasteiger partial charge is 0.369 e. The summed E-state index contributed by atoms with van der Waals surface area (Å²) in [6.45, 7) is 6.49. The molecule has 0 aliphatic carbocycles. The molecule has 4 rings (SSSR count). The Bertz CT molecular complexity index is 951. The highest BCUT2D eigenvalue weighted by Crippen LogP contribution is 2.17. The van der Waals surface area contributed by atoms with Crippen LogP contribution in [0, 0.1) is 6.92 Å². The summed E-state index contributed by atoms with van der Waals surface area (Å²) in [6.07, 6.45) is 1.70. The van der Waals surface area contributed by atoms with Crippen molar-refractivity contribution in [2.45, 2.75) is 20.0 Å². The molecule has 1 fully saturated rings. The van der Waals surface area contributed by atoms with Gasteiger partial charge in [0.2, 0.25) is 5.89 Å². The molecular formula is C21H24N6O2. The van der Waals surface area contributed by atoms with E-state index in [4.69, 9.17) is 4.52 Å². The first-order valence-corrected chi connectivity index (χ1v) is 9.72. The molecule has 0 spiro atoms. The Morgan fingerprint density at radius 3 is 2.66 bits per heavy atom. The minimum Gasteiger partial charge on any atom is -0.369 e. The van der Waals surface area contributed by atoms with E-state index in [0.29, 0.717) is 24.7 Å². The van der Waals surface area contributed by atoms with Crippen LogP contribution in [0.1, 0.15) is 27.8 Å². The number of nitrogens with one attached hydrogen (secondary N) is 1. The number of hydrogen-bond donors (Lipinski definition) is 1. The number of hydrogen-bond acceptors (Lipinski definition) is 7. The summed E-state index contributed by atoms with van der Waals surface area (Å²) in [5.41, 5.74) is 2.51. The van der Waals surface area contributed by atoms with E-state index in [2.05, 4.69) is 30.2 Å². The van der Waals surface area contributed by atoms with Crippen molar-refractivity contribution < 1.29 is 9.32 Å². The zero-order chi connectivity index (χ0) is 20.1. The molecule has 8 nitrogen and oxygen atoms in total. The molecule has 0 saturated carbocycles. The topological polar surface area (TPSA) is 87.4 Å². The third-order valence-electron chi connectivity index (χ3n) is 4.94. The quantitative estimate of drug-likeness (QED) is 0.687. The van der Waals surface area contributed by atoms with Gasteiger partial charge in [0.1, 0.15) is 5.69 Å². The van der Waals surface area contributed by atoms with Crippen LogP contribution in [-0.2, 0) is 13.1 Å². The van der Waals surface area contributed by atoms with Gasteiger partial charge in [0, 0.05) is 51.5 Å².